The summed E-state index contributed by atoms with van der Waals surface area (Å²) in [6.07, 6.45) is -2.91. The minimum absolute atomic E-state index is 0.0833. The van der Waals surface area contributed by atoms with Crippen LogP contribution < -0.4 is 0 Å². The predicted octanol–water partition coefficient (Wildman–Crippen LogP) is 3.63. The third-order valence-corrected chi connectivity index (χ3v) is 2.61. The number of halogens is 3. The van der Waals surface area contributed by atoms with E-state index in [1.807, 2.05) is 0 Å². The topological polar surface area (TPSA) is 12.9 Å². The fraction of sp³-hybridized carbons (Fsp3) is 0.100. The van der Waals surface area contributed by atoms with Crippen molar-refractivity contribution in [3.8, 4) is 10.6 Å². The van der Waals surface area contributed by atoms with E-state index >= 15 is 0 Å². The minimum atomic E-state index is -4.39. The lowest BCUT2D eigenvalue weighted by Gasteiger charge is -2.09. The van der Waals surface area contributed by atoms with Crippen LogP contribution in [-0.2, 0) is 6.18 Å². The zero-order chi connectivity index (χ0) is 10.9. The number of nitrogens with zero attached hydrogens (tertiary/aromatic N) is 1. The second-order valence-corrected chi connectivity index (χ2v) is 3.69. The predicted molar refractivity (Wildman–Crippen MR) is 51.4 cm³/mol. The number of benzene rings is 1. The van der Waals surface area contributed by atoms with Crippen LogP contribution in [0.1, 0.15) is 5.56 Å². The third-order valence-electron chi connectivity index (χ3n) is 1.80. The lowest BCUT2D eigenvalue weighted by molar-refractivity contribution is -0.137. The molecule has 0 N–H and O–H groups in total. The lowest BCUT2D eigenvalue weighted by atomic mass is 10.1. The van der Waals surface area contributed by atoms with Gasteiger partial charge in [0.1, 0.15) is 5.01 Å². The zero-order valence-electron chi connectivity index (χ0n) is 7.38. The molecule has 1 radical (unpaired) electrons. The van der Waals surface area contributed by atoms with Gasteiger partial charge in [-0.3, -0.25) is 0 Å². The molecule has 1 aromatic carbocycles. The summed E-state index contributed by atoms with van der Waals surface area (Å²) >= 11 is 1.18. The van der Waals surface area contributed by atoms with E-state index in [1.54, 1.807) is 5.38 Å². The zero-order valence-corrected chi connectivity index (χ0v) is 8.19. The molecule has 1 nitrogen and oxygen atoms in total. The van der Waals surface area contributed by atoms with Gasteiger partial charge in [0, 0.05) is 17.1 Å². The van der Waals surface area contributed by atoms with Crippen molar-refractivity contribution in [1.29, 1.82) is 0 Å². The standard InChI is InChI=1S/C10H5F3NS/c11-10(12,13)8-4-2-1-3-7(8)9-14-5-6-15-9/h1-3,5-6H. The van der Waals surface area contributed by atoms with Gasteiger partial charge < -0.3 is 0 Å². The highest BCUT2D eigenvalue weighted by Crippen LogP contribution is 2.36. The van der Waals surface area contributed by atoms with Gasteiger partial charge in [-0.05, 0) is 6.07 Å². The average molecular weight is 228 g/mol. The molecule has 0 atom stereocenters. The Morgan fingerprint density at radius 2 is 2.13 bits per heavy atom. The second-order valence-electron chi connectivity index (χ2n) is 2.79. The molecule has 77 valence electrons. The van der Waals surface area contributed by atoms with Gasteiger partial charge in [0.25, 0.3) is 0 Å². The van der Waals surface area contributed by atoms with Crippen molar-refractivity contribution in [1.82, 2.24) is 4.98 Å². The van der Waals surface area contributed by atoms with Crippen molar-refractivity contribution in [2.24, 2.45) is 0 Å². The van der Waals surface area contributed by atoms with Crippen LogP contribution in [0.25, 0.3) is 10.6 Å². The minimum Gasteiger partial charge on any atom is -0.245 e. The molecule has 2 aromatic rings. The average Bonchev–Trinajstić information content (AvgIpc) is 2.69. The van der Waals surface area contributed by atoms with Gasteiger partial charge in [0.05, 0.1) is 5.56 Å². The summed E-state index contributed by atoms with van der Waals surface area (Å²) in [5, 5.41) is 2.00. The first-order chi connectivity index (χ1) is 7.09. The van der Waals surface area contributed by atoms with Crippen LogP contribution in [0.3, 0.4) is 0 Å². The van der Waals surface area contributed by atoms with E-state index in [-0.39, 0.29) is 5.56 Å². The number of rotatable bonds is 1. The maximum atomic E-state index is 12.6. The highest BCUT2D eigenvalue weighted by molar-refractivity contribution is 7.13. The largest absolute Gasteiger partial charge is 0.417 e. The number of thiazole rings is 1. The van der Waals surface area contributed by atoms with Crippen molar-refractivity contribution >= 4 is 11.3 Å². The summed E-state index contributed by atoms with van der Waals surface area (Å²) in [5.74, 6) is 0. The fourth-order valence-electron chi connectivity index (χ4n) is 1.21. The molecule has 1 aromatic heterocycles. The Morgan fingerprint density at radius 1 is 1.33 bits per heavy atom. The molecule has 15 heavy (non-hydrogen) atoms. The molecular formula is C10H5F3NS. The molecule has 0 fully saturated rings. The summed E-state index contributed by atoms with van der Waals surface area (Å²) in [5.41, 5.74) is -0.681. The normalized spacial score (nSPS) is 11.7. The quantitative estimate of drug-likeness (QED) is 0.726. The van der Waals surface area contributed by atoms with Crippen LogP contribution in [-0.4, -0.2) is 4.98 Å². The van der Waals surface area contributed by atoms with Crippen molar-refractivity contribution in [2.75, 3.05) is 0 Å². The highest BCUT2D eigenvalue weighted by atomic mass is 32.1. The van der Waals surface area contributed by atoms with E-state index in [4.69, 9.17) is 0 Å². The fourth-order valence-corrected chi connectivity index (χ4v) is 1.88. The SMILES string of the molecule is FC(F)(F)c1[c]cccc1-c1nccs1. The molecule has 0 amide bonds. The van der Waals surface area contributed by atoms with Crippen LogP contribution in [0.15, 0.2) is 29.8 Å². The number of alkyl halides is 3. The maximum absolute atomic E-state index is 12.6. The molecule has 5 heteroatoms. The van der Waals surface area contributed by atoms with Gasteiger partial charge in [0.15, 0.2) is 0 Å². The molecule has 0 aliphatic carbocycles. The lowest BCUT2D eigenvalue weighted by Crippen LogP contribution is -2.06. The second kappa shape index (κ2) is 3.66. The Labute approximate surface area is 88.2 Å². The molecule has 0 bridgehead atoms. The van der Waals surface area contributed by atoms with E-state index < -0.39 is 11.7 Å². The van der Waals surface area contributed by atoms with Gasteiger partial charge in [-0.1, -0.05) is 18.2 Å². The molecular weight excluding hydrogens is 223 g/mol. The van der Waals surface area contributed by atoms with Crippen LogP contribution in [0.5, 0.6) is 0 Å². The molecule has 0 saturated heterocycles. The maximum Gasteiger partial charge on any atom is 0.417 e. The summed E-state index contributed by atoms with van der Waals surface area (Å²) < 4.78 is 37.8. The monoisotopic (exact) mass is 228 g/mol. The Hall–Kier alpha value is -1.36. The van der Waals surface area contributed by atoms with E-state index in [0.717, 1.165) is 0 Å². The molecule has 1 heterocycles. The van der Waals surface area contributed by atoms with E-state index in [0.29, 0.717) is 5.01 Å². The van der Waals surface area contributed by atoms with Gasteiger partial charge in [-0.25, -0.2) is 4.98 Å². The number of aromatic nitrogens is 1. The number of hydrogen-bond donors (Lipinski definition) is 0. The first kappa shape index (κ1) is 10.2. The Kier molecular flexibility index (Phi) is 2.48. The van der Waals surface area contributed by atoms with Crippen LogP contribution >= 0.6 is 11.3 Å². The van der Waals surface area contributed by atoms with Crippen LogP contribution in [0.2, 0.25) is 0 Å². The highest BCUT2D eigenvalue weighted by Gasteiger charge is 2.34. The van der Waals surface area contributed by atoms with E-state index in [9.17, 15) is 13.2 Å². The van der Waals surface area contributed by atoms with Gasteiger partial charge in [0.2, 0.25) is 0 Å². The van der Waals surface area contributed by atoms with E-state index in [2.05, 4.69) is 11.1 Å². The van der Waals surface area contributed by atoms with E-state index in [1.165, 1.54) is 35.7 Å². The van der Waals surface area contributed by atoms with Crippen molar-refractivity contribution in [2.45, 2.75) is 6.18 Å². The van der Waals surface area contributed by atoms with Crippen molar-refractivity contribution in [3.05, 3.63) is 41.4 Å². The third kappa shape index (κ3) is 2.02. The van der Waals surface area contributed by atoms with Crippen LogP contribution in [0.4, 0.5) is 13.2 Å². The molecule has 0 aliphatic rings. The summed E-state index contributed by atoms with van der Waals surface area (Å²) in [6, 6.07) is 6.38. The Balaban J connectivity index is 2.58. The first-order valence-corrected chi connectivity index (χ1v) is 4.95. The van der Waals surface area contributed by atoms with Crippen LogP contribution in [0, 0.1) is 6.07 Å². The summed E-state index contributed by atoms with van der Waals surface area (Å²) in [7, 11) is 0. The smallest absolute Gasteiger partial charge is 0.245 e. The Morgan fingerprint density at radius 3 is 2.73 bits per heavy atom. The summed E-state index contributed by atoms with van der Waals surface area (Å²) in [4.78, 5) is 3.86. The molecule has 0 unspecified atom stereocenters. The molecule has 0 aliphatic heterocycles. The molecule has 0 spiro atoms. The molecule has 2 rings (SSSR count). The van der Waals surface area contributed by atoms with Gasteiger partial charge >= 0.3 is 6.18 Å². The van der Waals surface area contributed by atoms with Gasteiger partial charge in [-0.15, -0.1) is 11.3 Å². The summed E-state index contributed by atoms with van der Waals surface area (Å²) in [6.45, 7) is 0. The van der Waals surface area contributed by atoms with Gasteiger partial charge in [-0.2, -0.15) is 13.2 Å². The Bertz CT molecular complexity index is 448. The first-order valence-electron chi connectivity index (χ1n) is 4.07. The van der Waals surface area contributed by atoms with Crippen molar-refractivity contribution < 1.29 is 13.2 Å². The number of hydrogen-bond acceptors (Lipinski definition) is 2. The molecule has 0 saturated carbocycles. The van der Waals surface area contributed by atoms with Crippen molar-refractivity contribution in [3.63, 3.8) is 0 Å².